The molecule has 8 nitrogen and oxygen atoms in total. The fraction of sp³-hybridized carbons (Fsp3) is 0.209. The number of halogens is 3. The second kappa shape index (κ2) is 16.2. The van der Waals surface area contributed by atoms with Gasteiger partial charge in [-0.3, -0.25) is 29.1 Å². The van der Waals surface area contributed by atoms with Crippen LogP contribution in [0.2, 0.25) is 10.0 Å². The number of carbonyl (C=O) groups excluding carboxylic acids is 4. The van der Waals surface area contributed by atoms with E-state index >= 15 is 0 Å². The Morgan fingerprint density at radius 1 is 0.778 bits per heavy atom. The fourth-order valence-corrected chi connectivity index (χ4v) is 7.48. The lowest BCUT2D eigenvalue weighted by molar-refractivity contribution is -0.127. The number of urea groups is 1. The molecule has 2 atom stereocenters. The molecule has 5 amide bonds. The van der Waals surface area contributed by atoms with Gasteiger partial charge in [0, 0.05) is 33.0 Å². The second-order valence-electron chi connectivity index (χ2n) is 13.5. The molecular weight excluding hydrogens is 726 g/mol. The zero-order valence-corrected chi connectivity index (χ0v) is 30.7. The average Bonchev–Trinajstić information content (AvgIpc) is 3.43. The van der Waals surface area contributed by atoms with Gasteiger partial charge in [-0.1, -0.05) is 103 Å². The summed E-state index contributed by atoms with van der Waals surface area (Å²) < 4.78 is 14.6. The highest BCUT2D eigenvalue weighted by molar-refractivity contribution is 6.31. The molecule has 1 N–H and O–H groups in total. The maximum atomic E-state index is 14.8. The number of hydrogen-bond donors (Lipinski definition) is 1. The van der Waals surface area contributed by atoms with Gasteiger partial charge < -0.3 is 5.32 Å². The van der Waals surface area contributed by atoms with Gasteiger partial charge >= 0.3 is 6.03 Å². The lowest BCUT2D eigenvalue weighted by Gasteiger charge is -2.34. The van der Waals surface area contributed by atoms with Gasteiger partial charge in [0.25, 0.3) is 11.8 Å². The Kier molecular flexibility index (Phi) is 11.1. The van der Waals surface area contributed by atoms with Gasteiger partial charge in [-0.25, -0.2) is 9.18 Å². The monoisotopic (exact) mass is 762 g/mol. The first kappa shape index (κ1) is 36.8. The Morgan fingerprint density at radius 2 is 1.44 bits per heavy atom. The van der Waals surface area contributed by atoms with E-state index in [9.17, 15) is 23.6 Å². The summed E-state index contributed by atoms with van der Waals surface area (Å²) in [5, 5.41) is 4.11. The van der Waals surface area contributed by atoms with Gasteiger partial charge in [-0.15, -0.1) is 0 Å². The Bertz CT molecular complexity index is 2160. The van der Waals surface area contributed by atoms with Gasteiger partial charge in [0.15, 0.2) is 0 Å². The minimum absolute atomic E-state index is 0.00166. The Hall–Kier alpha value is -5.51. The largest absolute Gasteiger partial charge is 0.351 e. The van der Waals surface area contributed by atoms with Crippen LogP contribution < -0.4 is 15.1 Å². The molecule has 2 aliphatic rings. The minimum Gasteiger partial charge on any atom is -0.351 e. The summed E-state index contributed by atoms with van der Waals surface area (Å²) in [6, 6.07) is 31.4. The predicted octanol–water partition coefficient (Wildman–Crippen LogP) is 9.68. The van der Waals surface area contributed by atoms with E-state index in [0.717, 1.165) is 42.6 Å². The molecule has 1 saturated carbocycles. The first-order chi connectivity index (χ1) is 26.2. The summed E-state index contributed by atoms with van der Waals surface area (Å²) >= 11 is 12.5. The zero-order chi connectivity index (χ0) is 37.8. The molecule has 0 spiro atoms. The van der Waals surface area contributed by atoms with Gasteiger partial charge in [0.05, 0.1) is 6.54 Å². The minimum atomic E-state index is -1.21. The molecule has 7 rings (SSSR count). The summed E-state index contributed by atoms with van der Waals surface area (Å²) in [6.07, 6.45) is 4.73. The van der Waals surface area contributed by atoms with Crippen LogP contribution in [0.15, 0.2) is 127 Å². The van der Waals surface area contributed by atoms with E-state index in [-0.39, 0.29) is 29.7 Å². The smallest absolute Gasteiger partial charge is 0.332 e. The Morgan fingerprint density at radius 3 is 2.13 bits per heavy atom. The lowest BCUT2D eigenvalue weighted by atomic mass is 9.94. The number of nitrogens with one attached hydrogen (secondary N) is 1. The first-order valence-corrected chi connectivity index (χ1v) is 18.6. The zero-order valence-electron chi connectivity index (χ0n) is 29.2. The van der Waals surface area contributed by atoms with E-state index in [4.69, 9.17) is 23.2 Å². The Balaban J connectivity index is 1.35. The topological polar surface area (TPSA) is 90.0 Å². The number of nitrogens with zero attached hydrogens (tertiary/aromatic N) is 3. The van der Waals surface area contributed by atoms with E-state index in [1.54, 1.807) is 78.9 Å². The normalized spacial score (nSPS) is 16.7. The maximum Gasteiger partial charge on any atom is 0.332 e. The molecule has 1 saturated heterocycles. The molecular formula is C43H37Cl2FN4O4. The lowest BCUT2D eigenvalue weighted by Crippen LogP contribution is -2.47. The molecule has 1 heterocycles. The standard InChI is InChI=1S/C43H37Cl2FN4O4/c44-32-21-17-29(18-22-32)38(40(51)47-35-13-5-2-6-14-35)49(41(52)30-19-23-33(45)24-20-30)36-15-7-11-31(25-36)39-42(53)48(27-28-9-3-1-4-10-28)43(54)50(39)37-16-8-12-34(46)26-37/h1,3-4,7-12,15-26,35,38-39H,2,5-6,13-14,27H2,(H,47,51). The molecule has 11 heteroatoms. The Labute approximate surface area is 323 Å². The summed E-state index contributed by atoms with van der Waals surface area (Å²) in [6.45, 7) is 0.00166. The van der Waals surface area contributed by atoms with Crippen LogP contribution in [0.3, 0.4) is 0 Å². The van der Waals surface area contributed by atoms with Crippen molar-refractivity contribution in [1.29, 1.82) is 0 Å². The fourth-order valence-electron chi connectivity index (χ4n) is 7.23. The van der Waals surface area contributed by atoms with Crippen LogP contribution in [0.4, 0.5) is 20.6 Å². The summed E-state index contributed by atoms with van der Waals surface area (Å²) in [4.78, 5) is 61.6. The van der Waals surface area contributed by atoms with Crippen LogP contribution in [0.1, 0.15) is 71.2 Å². The van der Waals surface area contributed by atoms with Gasteiger partial charge in [-0.05, 0) is 96.3 Å². The van der Waals surface area contributed by atoms with Crippen LogP contribution in [0, 0.1) is 5.82 Å². The third-order valence-electron chi connectivity index (χ3n) is 9.88. The van der Waals surface area contributed by atoms with E-state index in [0.29, 0.717) is 26.9 Å². The van der Waals surface area contributed by atoms with Crippen molar-refractivity contribution in [1.82, 2.24) is 10.2 Å². The number of benzene rings is 5. The number of imide groups is 1. The van der Waals surface area contributed by atoms with Crippen molar-refractivity contribution in [3.63, 3.8) is 0 Å². The van der Waals surface area contributed by atoms with Crippen molar-refractivity contribution in [2.24, 2.45) is 0 Å². The number of rotatable bonds is 10. The SMILES string of the molecule is O=C(NC1CCCCC1)C(c1ccc(Cl)cc1)N(C(=O)c1ccc(Cl)cc1)c1cccc(C2C(=O)N(Cc3ccccc3)C(=O)N2c2cccc(F)c2)c1. The van der Waals surface area contributed by atoms with Gasteiger partial charge in [0.2, 0.25) is 5.91 Å². The molecule has 5 aromatic carbocycles. The molecule has 2 unspecified atom stereocenters. The summed E-state index contributed by atoms with van der Waals surface area (Å²) in [5.74, 6) is -1.97. The first-order valence-electron chi connectivity index (χ1n) is 17.9. The van der Waals surface area contributed by atoms with Crippen LogP contribution in [-0.4, -0.2) is 34.7 Å². The van der Waals surface area contributed by atoms with Crippen LogP contribution in [-0.2, 0) is 16.1 Å². The molecule has 0 bridgehead atoms. The van der Waals surface area contributed by atoms with Crippen molar-refractivity contribution in [2.75, 3.05) is 9.80 Å². The third-order valence-corrected chi connectivity index (χ3v) is 10.4. The predicted molar refractivity (Wildman–Crippen MR) is 208 cm³/mol. The number of hydrogen-bond acceptors (Lipinski definition) is 4. The molecule has 54 heavy (non-hydrogen) atoms. The van der Waals surface area contributed by atoms with Crippen molar-refractivity contribution < 1.29 is 23.6 Å². The number of carbonyl (C=O) groups is 4. The van der Waals surface area contributed by atoms with Crippen molar-refractivity contribution >= 4 is 58.3 Å². The van der Waals surface area contributed by atoms with Gasteiger partial charge in [-0.2, -0.15) is 0 Å². The average molecular weight is 764 g/mol. The van der Waals surface area contributed by atoms with Crippen LogP contribution >= 0.6 is 23.2 Å². The van der Waals surface area contributed by atoms with E-state index in [1.807, 2.05) is 30.3 Å². The van der Waals surface area contributed by atoms with E-state index in [2.05, 4.69) is 5.32 Å². The molecule has 5 aromatic rings. The molecule has 1 aliphatic heterocycles. The van der Waals surface area contributed by atoms with Crippen molar-refractivity contribution in [3.8, 4) is 0 Å². The molecule has 274 valence electrons. The molecule has 2 fully saturated rings. The van der Waals surface area contributed by atoms with Crippen molar-refractivity contribution in [2.45, 2.75) is 56.8 Å². The maximum absolute atomic E-state index is 14.8. The molecule has 1 aliphatic carbocycles. The van der Waals surface area contributed by atoms with Gasteiger partial charge in [0.1, 0.15) is 17.9 Å². The number of anilines is 2. The molecule has 0 aromatic heterocycles. The quantitative estimate of drug-likeness (QED) is 0.144. The highest BCUT2D eigenvalue weighted by atomic mass is 35.5. The third kappa shape index (κ3) is 7.88. The van der Waals surface area contributed by atoms with E-state index < -0.39 is 35.7 Å². The van der Waals surface area contributed by atoms with Crippen LogP contribution in [0.25, 0.3) is 0 Å². The highest BCUT2D eigenvalue weighted by Crippen LogP contribution is 2.39. The highest BCUT2D eigenvalue weighted by Gasteiger charge is 2.47. The van der Waals surface area contributed by atoms with Crippen molar-refractivity contribution in [3.05, 3.63) is 166 Å². The van der Waals surface area contributed by atoms with Crippen LogP contribution in [0.5, 0.6) is 0 Å². The number of amides is 5. The summed E-state index contributed by atoms with van der Waals surface area (Å²) in [5.41, 5.74) is 2.38. The van der Waals surface area contributed by atoms with E-state index in [1.165, 1.54) is 28.0 Å². The second-order valence-corrected chi connectivity index (χ2v) is 14.4. The molecule has 0 radical (unpaired) electrons. The summed E-state index contributed by atoms with van der Waals surface area (Å²) in [7, 11) is 0.